The number of methoxy groups -OCH3 is 1. The highest BCUT2D eigenvalue weighted by Gasteiger charge is 2.27. The average molecular weight is 194 g/mol. The van der Waals surface area contributed by atoms with Crippen LogP contribution in [0.2, 0.25) is 0 Å². The number of rotatable bonds is 1. The third-order valence-electron chi connectivity index (χ3n) is 2.20. The van der Waals surface area contributed by atoms with Crippen LogP contribution in [-0.4, -0.2) is 19.5 Å². The van der Waals surface area contributed by atoms with Crippen molar-refractivity contribution in [3.8, 4) is 11.5 Å². The number of para-hydroxylation sites is 1. The Morgan fingerprint density at radius 3 is 3.14 bits per heavy atom. The summed E-state index contributed by atoms with van der Waals surface area (Å²) < 4.78 is 25.5. The van der Waals surface area contributed by atoms with E-state index in [4.69, 9.17) is 12.2 Å². The van der Waals surface area contributed by atoms with Gasteiger partial charge in [-0.3, -0.25) is 4.79 Å². The van der Waals surface area contributed by atoms with E-state index in [1.165, 1.54) is 14.0 Å². The lowest BCUT2D eigenvalue weighted by atomic mass is 9.96. The van der Waals surface area contributed by atoms with Gasteiger partial charge in [-0.15, -0.1) is 0 Å². The molecule has 1 aliphatic rings. The summed E-state index contributed by atoms with van der Waals surface area (Å²) >= 11 is 0. The van der Waals surface area contributed by atoms with Gasteiger partial charge in [-0.2, -0.15) is 0 Å². The summed E-state index contributed by atoms with van der Waals surface area (Å²) in [4.78, 5) is 11.9. The minimum absolute atomic E-state index is 0.193. The number of carbonyl (C=O) groups excluding carboxylic acids is 1. The molecule has 1 heterocycles. The molecule has 0 aromatic heterocycles. The Morgan fingerprint density at radius 1 is 1.64 bits per heavy atom. The first-order valence-corrected chi connectivity index (χ1v) is 4.37. The molecule has 0 bridgehead atoms. The van der Waals surface area contributed by atoms with Crippen LogP contribution in [0.5, 0.6) is 11.5 Å². The molecule has 0 aliphatic carbocycles. The summed E-state index contributed by atoms with van der Waals surface area (Å²) in [7, 11) is 1.46. The second kappa shape index (κ2) is 3.33. The fourth-order valence-corrected chi connectivity index (χ4v) is 1.41. The molecule has 0 amide bonds. The van der Waals surface area contributed by atoms with Crippen molar-refractivity contribution in [1.29, 1.82) is 0 Å². The van der Waals surface area contributed by atoms with Crippen LogP contribution in [0.3, 0.4) is 0 Å². The maximum Gasteiger partial charge on any atom is 0.172 e. The molecule has 74 valence electrons. The van der Waals surface area contributed by atoms with Crippen molar-refractivity contribution >= 4 is 5.78 Å². The van der Waals surface area contributed by atoms with Crippen molar-refractivity contribution in [1.82, 2.24) is 0 Å². The zero-order valence-electron chi connectivity index (χ0n) is 10.0. The standard InChI is InChI=1S/C11H12O3/c1-7-6-14-11-8(10(7)12)4-3-5-9(11)13-2/h3-5,7H,6H2,1-2H3/i6D2. The Hall–Kier alpha value is -1.51. The molecule has 14 heavy (non-hydrogen) atoms. The summed E-state index contributed by atoms with van der Waals surface area (Å²) in [5, 5.41) is 0. The Labute approximate surface area is 85.4 Å². The van der Waals surface area contributed by atoms with Gasteiger partial charge in [0.05, 0.1) is 27.9 Å². The van der Waals surface area contributed by atoms with Crippen LogP contribution in [0.25, 0.3) is 0 Å². The van der Waals surface area contributed by atoms with Gasteiger partial charge in [-0.25, -0.2) is 0 Å². The van der Waals surface area contributed by atoms with Gasteiger partial charge < -0.3 is 9.47 Å². The smallest absolute Gasteiger partial charge is 0.172 e. The van der Waals surface area contributed by atoms with Crippen molar-refractivity contribution in [2.24, 2.45) is 5.92 Å². The minimum atomic E-state index is -1.99. The number of hydrogen-bond acceptors (Lipinski definition) is 3. The van der Waals surface area contributed by atoms with E-state index in [2.05, 4.69) is 0 Å². The number of Topliss-reactive ketones (excluding diaryl/α,β-unsaturated/α-hetero) is 1. The van der Waals surface area contributed by atoms with Gasteiger partial charge in [0.2, 0.25) is 0 Å². The van der Waals surface area contributed by atoms with Gasteiger partial charge >= 0.3 is 0 Å². The highest BCUT2D eigenvalue weighted by Crippen LogP contribution is 2.35. The van der Waals surface area contributed by atoms with E-state index in [0.29, 0.717) is 11.3 Å². The first-order valence-electron chi connectivity index (χ1n) is 5.37. The van der Waals surface area contributed by atoms with Crippen LogP contribution >= 0.6 is 0 Å². The predicted molar refractivity (Wildman–Crippen MR) is 52.0 cm³/mol. The van der Waals surface area contributed by atoms with Crippen molar-refractivity contribution in [2.45, 2.75) is 6.92 Å². The summed E-state index contributed by atoms with van der Waals surface area (Å²) in [5.74, 6) is -0.503. The average Bonchev–Trinajstić information content (AvgIpc) is 2.25. The van der Waals surface area contributed by atoms with E-state index in [1.54, 1.807) is 18.2 Å². The Kier molecular flexibility index (Phi) is 1.63. The summed E-state index contributed by atoms with van der Waals surface area (Å²) in [5.41, 5.74) is 0.377. The molecule has 3 heteroatoms. The quantitative estimate of drug-likeness (QED) is 0.685. The topological polar surface area (TPSA) is 35.5 Å². The van der Waals surface area contributed by atoms with Crippen molar-refractivity contribution in [3.05, 3.63) is 23.8 Å². The summed E-state index contributed by atoms with van der Waals surface area (Å²) in [6, 6.07) is 4.94. The van der Waals surface area contributed by atoms with Gasteiger partial charge in [-0.05, 0) is 12.1 Å². The number of ketones is 1. The van der Waals surface area contributed by atoms with E-state index in [0.717, 1.165) is 0 Å². The molecule has 1 aromatic rings. The lowest BCUT2D eigenvalue weighted by Gasteiger charge is -2.22. The zero-order valence-corrected chi connectivity index (χ0v) is 8.03. The highest BCUT2D eigenvalue weighted by molar-refractivity contribution is 6.01. The van der Waals surface area contributed by atoms with Crippen molar-refractivity contribution < 1.29 is 17.0 Å². The van der Waals surface area contributed by atoms with Gasteiger partial charge in [0.15, 0.2) is 17.3 Å². The first kappa shape index (κ1) is 6.87. The highest BCUT2D eigenvalue weighted by atomic mass is 16.5. The number of benzene rings is 1. The largest absolute Gasteiger partial charge is 0.493 e. The maximum absolute atomic E-state index is 11.9. The second-order valence-corrected chi connectivity index (χ2v) is 3.14. The van der Waals surface area contributed by atoms with Crippen LogP contribution < -0.4 is 9.47 Å². The third kappa shape index (κ3) is 1.25. The molecule has 1 aliphatic heterocycles. The van der Waals surface area contributed by atoms with Gasteiger partial charge in [0.25, 0.3) is 0 Å². The van der Waals surface area contributed by atoms with E-state index >= 15 is 0 Å². The third-order valence-corrected chi connectivity index (χ3v) is 2.20. The number of hydrogen-bond donors (Lipinski definition) is 0. The molecule has 0 radical (unpaired) electrons. The van der Waals surface area contributed by atoms with Crippen molar-refractivity contribution in [3.63, 3.8) is 0 Å². The molecule has 0 N–H and O–H groups in total. The first-order chi connectivity index (χ1) is 7.47. The predicted octanol–water partition coefficient (Wildman–Crippen LogP) is 1.91. The van der Waals surface area contributed by atoms with Crippen molar-refractivity contribution in [2.75, 3.05) is 13.7 Å². The lowest BCUT2D eigenvalue weighted by Crippen LogP contribution is -2.25. The number of ether oxygens (including phenoxy) is 2. The van der Waals surface area contributed by atoms with Crippen LogP contribution in [0.1, 0.15) is 20.0 Å². The zero-order chi connectivity index (χ0) is 11.9. The molecule has 1 aromatic carbocycles. The number of fused-ring (bicyclic) bond motifs is 1. The van der Waals surface area contributed by atoms with Crippen LogP contribution in [-0.2, 0) is 0 Å². The molecule has 0 fully saturated rings. The maximum atomic E-state index is 11.9. The molecule has 0 saturated heterocycles. The molecule has 0 saturated carbocycles. The number of carbonyl (C=O) groups is 1. The molecule has 2 rings (SSSR count). The monoisotopic (exact) mass is 194 g/mol. The van der Waals surface area contributed by atoms with E-state index in [9.17, 15) is 4.79 Å². The minimum Gasteiger partial charge on any atom is -0.493 e. The van der Waals surface area contributed by atoms with Gasteiger partial charge in [-0.1, -0.05) is 13.0 Å². The molecule has 1 unspecified atom stereocenters. The fourth-order valence-electron chi connectivity index (χ4n) is 1.41. The summed E-state index contributed by atoms with van der Waals surface area (Å²) in [6.45, 7) is -0.469. The molecular formula is C11H12O3. The lowest BCUT2D eigenvalue weighted by molar-refractivity contribution is 0.0844. The Balaban J connectivity index is 2.59. The van der Waals surface area contributed by atoms with E-state index in [1.807, 2.05) is 0 Å². The normalized spacial score (nSPS) is 25.6. The fraction of sp³-hybridized carbons (Fsp3) is 0.364. The molecule has 1 atom stereocenters. The second-order valence-electron chi connectivity index (χ2n) is 3.14. The summed E-state index contributed by atoms with van der Waals surface area (Å²) in [6.07, 6.45) is 0. The van der Waals surface area contributed by atoms with Gasteiger partial charge in [0.1, 0.15) is 0 Å². The Morgan fingerprint density at radius 2 is 2.43 bits per heavy atom. The SMILES string of the molecule is [2H]C1([2H])Oc2c(OC)cccc2C(=O)C1C. The molecular weight excluding hydrogens is 180 g/mol. The van der Waals surface area contributed by atoms with Gasteiger partial charge in [0, 0.05) is 0 Å². The van der Waals surface area contributed by atoms with Crippen LogP contribution in [0.4, 0.5) is 0 Å². The molecule has 0 spiro atoms. The Bertz CT molecular complexity index is 443. The molecule has 3 nitrogen and oxygen atoms in total. The van der Waals surface area contributed by atoms with E-state index in [-0.39, 0.29) is 11.5 Å². The van der Waals surface area contributed by atoms with E-state index < -0.39 is 12.5 Å². The van der Waals surface area contributed by atoms with Crippen LogP contribution in [0.15, 0.2) is 18.2 Å². The van der Waals surface area contributed by atoms with Crippen LogP contribution in [0, 0.1) is 5.92 Å².